The Morgan fingerprint density at radius 1 is 0.962 bits per heavy atom. The number of nitrogens with zero attached hydrogens (tertiary/aromatic N) is 1. The molecule has 0 spiro atoms. The zero-order chi connectivity index (χ0) is 18.1. The van der Waals surface area contributed by atoms with Crippen LogP contribution in [0.15, 0.2) is 67.0 Å². The first-order valence-corrected chi connectivity index (χ1v) is 9.04. The van der Waals surface area contributed by atoms with Gasteiger partial charge in [0, 0.05) is 24.3 Å². The average Bonchev–Trinajstić information content (AvgIpc) is 3.13. The molecule has 3 nitrogen and oxygen atoms in total. The van der Waals surface area contributed by atoms with E-state index < -0.39 is 0 Å². The van der Waals surface area contributed by atoms with E-state index >= 15 is 0 Å². The van der Waals surface area contributed by atoms with Crippen LogP contribution in [-0.2, 0) is 6.54 Å². The Balaban J connectivity index is 1.95. The van der Waals surface area contributed by atoms with Crippen molar-refractivity contribution >= 4 is 11.0 Å². The first-order chi connectivity index (χ1) is 12.7. The number of rotatable bonds is 4. The van der Waals surface area contributed by atoms with Crippen molar-refractivity contribution in [1.82, 2.24) is 9.97 Å². The smallest absolute Gasteiger partial charge is 0.138 e. The molecule has 0 saturated heterocycles. The first kappa shape index (κ1) is 16.6. The van der Waals surface area contributed by atoms with E-state index in [1.807, 2.05) is 12.3 Å². The molecule has 2 heterocycles. The fourth-order valence-corrected chi connectivity index (χ4v) is 3.59. The van der Waals surface area contributed by atoms with Crippen LogP contribution in [0.5, 0.6) is 0 Å². The number of hydrogen-bond donors (Lipinski definition) is 2. The number of fused-ring (bicyclic) bond motifs is 1. The van der Waals surface area contributed by atoms with Gasteiger partial charge in [0.05, 0.1) is 0 Å². The number of benzene rings is 2. The molecule has 4 rings (SSSR count). The predicted molar refractivity (Wildman–Crippen MR) is 109 cm³/mol. The zero-order valence-corrected chi connectivity index (χ0v) is 15.2. The summed E-state index contributed by atoms with van der Waals surface area (Å²) in [5.74, 6) is 0.434. The average molecular weight is 341 g/mol. The second kappa shape index (κ2) is 6.77. The van der Waals surface area contributed by atoms with Crippen LogP contribution in [0.25, 0.3) is 33.3 Å². The lowest BCUT2D eigenvalue weighted by molar-refractivity contribution is 0.876. The van der Waals surface area contributed by atoms with Crippen LogP contribution in [0.1, 0.15) is 30.9 Å². The van der Waals surface area contributed by atoms with Crippen LogP contribution >= 0.6 is 0 Å². The second-order valence-electron chi connectivity index (χ2n) is 6.92. The summed E-state index contributed by atoms with van der Waals surface area (Å²) in [6.07, 6.45) is 3.95. The van der Waals surface area contributed by atoms with Crippen molar-refractivity contribution in [2.24, 2.45) is 5.73 Å². The van der Waals surface area contributed by atoms with E-state index in [2.05, 4.69) is 78.5 Å². The van der Waals surface area contributed by atoms with E-state index in [4.69, 9.17) is 5.73 Å². The highest BCUT2D eigenvalue weighted by atomic mass is 14.8. The molecule has 0 fully saturated rings. The fourth-order valence-electron chi connectivity index (χ4n) is 3.59. The maximum Gasteiger partial charge on any atom is 0.138 e. The fraction of sp³-hybridized carbons (Fsp3) is 0.174. The summed E-state index contributed by atoms with van der Waals surface area (Å²) in [6, 6.07) is 19.1. The van der Waals surface area contributed by atoms with Crippen molar-refractivity contribution in [1.29, 1.82) is 0 Å². The maximum absolute atomic E-state index is 6.00. The molecule has 0 bridgehead atoms. The molecule has 3 heteroatoms. The monoisotopic (exact) mass is 341 g/mol. The van der Waals surface area contributed by atoms with Crippen LogP contribution in [0.2, 0.25) is 0 Å². The van der Waals surface area contributed by atoms with Gasteiger partial charge in [-0.05, 0) is 51.4 Å². The topological polar surface area (TPSA) is 54.7 Å². The van der Waals surface area contributed by atoms with E-state index in [-0.39, 0.29) is 0 Å². The molecular formula is C23H23N3. The van der Waals surface area contributed by atoms with E-state index in [0.717, 1.165) is 11.2 Å². The van der Waals surface area contributed by atoms with Gasteiger partial charge in [0.2, 0.25) is 0 Å². The number of nitrogens with one attached hydrogen (secondary N) is 1. The van der Waals surface area contributed by atoms with Crippen LogP contribution in [0.3, 0.4) is 0 Å². The van der Waals surface area contributed by atoms with Crippen molar-refractivity contribution in [2.75, 3.05) is 0 Å². The molecule has 0 aliphatic rings. The maximum atomic E-state index is 6.00. The summed E-state index contributed by atoms with van der Waals surface area (Å²) < 4.78 is 0. The van der Waals surface area contributed by atoms with E-state index in [1.165, 1.54) is 33.2 Å². The third-order valence-corrected chi connectivity index (χ3v) is 4.95. The number of hydrogen-bond acceptors (Lipinski definition) is 2. The second-order valence-corrected chi connectivity index (χ2v) is 6.92. The van der Waals surface area contributed by atoms with Gasteiger partial charge in [-0.15, -0.1) is 0 Å². The molecule has 0 aliphatic carbocycles. The molecule has 26 heavy (non-hydrogen) atoms. The lowest BCUT2D eigenvalue weighted by atomic mass is 9.92. The highest BCUT2D eigenvalue weighted by Gasteiger charge is 2.15. The van der Waals surface area contributed by atoms with Crippen LogP contribution < -0.4 is 5.73 Å². The molecule has 0 radical (unpaired) electrons. The van der Waals surface area contributed by atoms with E-state index in [9.17, 15) is 0 Å². The number of aromatic amines is 1. The van der Waals surface area contributed by atoms with Gasteiger partial charge in [-0.1, -0.05) is 56.3 Å². The van der Waals surface area contributed by atoms with Gasteiger partial charge in [0.15, 0.2) is 0 Å². The van der Waals surface area contributed by atoms with Gasteiger partial charge in [-0.25, -0.2) is 4.98 Å². The Morgan fingerprint density at radius 2 is 1.77 bits per heavy atom. The molecule has 2 aromatic heterocycles. The molecule has 0 atom stereocenters. The summed E-state index contributed by atoms with van der Waals surface area (Å²) in [6.45, 7) is 4.95. The standard InChI is InChI=1S/C23H23N3/c1-15(2)21-14-26-23-22(21)19(10-11-25-23)17-8-9-18(13-24)20(12-17)16-6-4-3-5-7-16/h3-12,14-15H,13,24H2,1-2H3,(H,25,26). The number of pyridine rings is 1. The molecule has 4 aromatic rings. The molecule has 130 valence electrons. The summed E-state index contributed by atoms with van der Waals surface area (Å²) in [7, 11) is 0. The Labute approximate surface area is 153 Å². The molecular weight excluding hydrogens is 318 g/mol. The van der Waals surface area contributed by atoms with Crippen molar-refractivity contribution in [3.63, 3.8) is 0 Å². The molecule has 0 amide bonds. The number of aromatic nitrogens is 2. The van der Waals surface area contributed by atoms with E-state index in [1.54, 1.807) is 0 Å². The van der Waals surface area contributed by atoms with Gasteiger partial charge >= 0.3 is 0 Å². The normalized spacial score (nSPS) is 11.4. The first-order valence-electron chi connectivity index (χ1n) is 9.04. The van der Waals surface area contributed by atoms with Gasteiger partial charge in [0.1, 0.15) is 5.65 Å². The molecule has 2 aromatic carbocycles. The number of H-pyrrole nitrogens is 1. The SMILES string of the molecule is CC(C)c1c[nH]c2nccc(-c3ccc(CN)c(-c4ccccc4)c3)c12. The summed E-state index contributed by atoms with van der Waals surface area (Å²) in [5.41, 5.74) is 14.2. The van der Waals surface area contributed by atoms with Gasteiger partial charge < -0.3 is 10.7 Å². The lowest BCUT2D eigenvalue weighted by Crippen LogP contribution is -1.99. The lowest BCUT2D eigenvalue weighted by Gasteiger charge is -2.13. The Kier molecular flexibility index (Phi) is 4.31. The van der Waals surface area contributed by atoms with Crippen molar-refractivity contribution in [3.05, 3.63) is 78.1 Å². The molecule has 0 saturated carbocycles. The molecule has 0 aliphatic heterocycles. The van der Waals surface area contributed by atoms with Crippen LogP contribution in [0, 0.1) is 0 Å². The Morgan fingerprint density at radius 3 is 2.50 bits per heavy atom. The quantitative estimate of drug-likeness (QED) is 0.516. The van der Waals surface area contributed by atoms with Crippen LogP contribution in [0.4, 0.5) is 0 Å². The van der Waals surface area contributed by atoms with Crippen molar-refractivity contribution < 1.29 is 0 Å². The molecule has 3 N–H and O–H groups in total. The minimum Gasteiger partial charge on any atom is -0.346 e. The van der Waals surface area contributed by atoms with Crippen molar-refractivity contribution in [2.45, 2.75) is 26.3 Å². The Hall–Kier alpha value is -2.91. The highest BCUT2D eigenvalue weighted by Crippen LogP contribution is 2.36. The minimum atomic E-state index is 0.434. The zero-order valence-electron chi connectivity index (χ0n) is 15.2. The molecule has 0 unspecified atom stereocenters. The van der Waals surface area contributed by atoms with Crippen molar-refractivity contribution in [3.8, 4) is 22.3 Å². The summed E-state index contributed by atoms with van der Waals surface area (Å²) in [4.78, 5) is 7.83. The predicted octanol–water partition coefficient (Wildman–Crippen LogP) is 5.48. The van der Waals surface area contributed by atoms with Gasteiger partial charge in [-0.3, -0.25) is 0 Å². The third kappa shape index (κ3) is 2.80. The van der Waals surface area contributed by atoms with Gasteiger partial charge in [-0.2, -0.15) is 0 Å². The Bertz CT molecular complexity index is 1050. The largest absolute Gasteiger partial charge is 0.346 e. The summed E-state index contributed by atoms with van der Waals surface area (Å²) >= 11 is 0. The van der Waals surface area contributed by atoms with Gasteiger partial charge in [0.25, 0.3) is 0 Å². The van der Waals surface area contributed by atoms with Crippen LogP contribution in [-0.4, -0.2) is 9.97 Å². The van der Waals surface area contributed by atoms with E-state index in [0.29, 0.717) is 12.5 Å². The summed E-state index contributed by atoms with van der Waals surface area (Å²) in [5, 5.41) is 1.21. The highest BCUT2D eigenvalue weighted by molar-refractivity contribution is 5.96. The third-order valence-electron chi connectivity index (χ3n) is 4.95. The minimum absolute atomic E-state index is 0.434. The number of nitrogens with two attached hydrogens (primary N) is 1.